The molecule has 3 rings (SSSR count). The van der Waals surface area contributed by atoms with Gasteiger partial charge in [0.15, 0.2) is 0 Å². The quantitative estimate of drug-likeness (QED) is 0.497. The van der Waals surface area contributed by atoms with E-state index >= 15 is 0 Å². The number of alkyl halides is 1. The summed E-state index contributed by atoms with van der Waals surface area (Å²) < 4.78 is 17.7. The second-order valence-corrected chi connectivity index (χ2v) is 13.9. The lowest BCUT2D eigenvalue weighted by Gasteiger charge is -2.44. The van der Waals surface area contributed by atoms with Crippen LogP contribution in [0, 0.1) is 5.92 Å². The Hall–Kier alpha value is -0.833. The van der Waals surface area contributed by atoms with Crippen LogP contribution in [-0.2, 0) is 0 Å². The number of ether oxygens (including phenoxy) is 1. The first kappa shape index (κ1) is 18.9. The number of halogens is 1. The maximum absolute atomic E-state index is 12.4. The molecule has 1 aromatic rings. The molecular weight excluding hydrogens is 327 g/mol. The Morgan fingerprint density at radius 1 is 1.00 bits per heavy atom. The molecule has 1 saturated carbocycles. The lowest BCUT2D eigenvalue weighted by Crippen LogP contribution is -2.41. The third-order valence-corrected chi connectivity index (χ3v) is 12.7. The second-order valence-electron chi connectivity index (χ2n) is 8.75. The summed E-state index contributed by atoms with van der Waals surface area (Å²) in [5, 5.41) is 0. The van der Waals surface area contributed by atoms with Crippen LogP contribution in [0.4, 0.5) is 4.39 Å². The topological polar surface area (TPSA) is 9.23 Å². The number of benzene rings is 1. The molecule has 0 unspecified atom stereocenters. The van der Waals surface area contributed by atoms with E-state index in [2.05, 4.69) is 30.8 Å². The molecule has 0 bridgehead atoms. The van der Waals surface area contributed by atoms with Crippen molar-refractivity contribution in [1.82, 2.24) is 0 Å². The van der Waals surface area contributed by atoms with Crippen LogP contribution in [0.2, 0.25) is 24.2 Å². The van der Waals surface area contributed by atoms with Crippen molar-refractivity contribution in [2.75, 3.05) is 13.8 Å². The minimum atomic E-state index is -1.09. The highest BCUT2D eigenvalue weighted by molar-refractivity contribution is 6.80. The molecule has 1 saturated heterocycles. The van der Waals surface area contributed by atoms with Crippen LogP contribution in [0.5, 0.6) is 5.75 Å². The normalized spacial score (nSPS) is 33.2. The molecule has 1 nitrogen and oxygen atoms in total. The van der Waals surface area contributed by atoms with Gasteiger partial charge in [0.25, 0.3) is 0 Å². The molecule has 0 aromatic heterocycles. The van der Waals surface area contributed by atoms with Gasteiger partial charge >= 0.3 is 0 Å². The standard InChI is InChI=1S/C22H35FOSi/c1-24-21-9-7-19(8-10-21)20-13-16-25(2,17-14-20)22-11-5-18(6-12-22)4-3-15-23/h7-10,18,20,22H,3-6,11-17H2,1-2H3. The molecule has 1 aromatic carbocycles. The Morgan fingerprint density at radius 2 is 1.64 bits per heavy atom. The number of methoxy groups -OCH3 is 1. The molecule has 0 amide bonds. The molecule has 0 spiro atoms. The number of rotatable bonds is 6. The summed E-state index contributed by atoms with van der Waals surface area (Å²) in [6, 6.07) is 11.8. The van der Waals surface area contributed by atoms with Crippen LogP contribution in [0.25, 0.3) is 0 Å². The predicted octanol–water partition coefficient (Wildman–Crippen LogP) is 6.96. The van der Waals surface area contributed by atoms with Crippen LogP contribution in [-0.4, -0.2) is 21.9 Å². The molecule has 0 N–H and O–H groups in total. The fourth-order valence-electron chi connectivity index (χ4n) is 5.41. The Labute approximate surface area is 154 Å². The van der Waals surface area contributed by atoms with E-state index in [4.69, 9.17) is 4.74 Å². The maximum Gasteiger partial charge on any atom is 0.118 e. The van der Waals surface area contributed by atoms with E-state index < -0.39 is 8.07 Å². The van der Waals surface area contributed by atoms with Crippen LogP contribution < -0.4 is 4.74 Å². The Morgan fingerprint density at radius 3 is 2.20 bits per heavy atom. The van der Waals surface area contributed by atoms with Crippen LogP contribution in [0.1, 0.15) is 62.8 Å². The fraction of sp³-hybridized carbons (Fsp3) is 0.727. The molecule has 3 heteroatoms. The first-order chi connectivity index (χ1) is 12.1. The van der Waals surface area contributed by atoms with Gasteiger partial charge in [-0.05, 0) is 60.8 Å². The Bertz CT molecular complexity index is 513. The van der Waals surface area contributed by atoms with Gasteiger partial charge in [0, 0.05) is 0 Å². The van der Waals surface area contributed by atoms with E-state index in [1.54, 1.807) is 7.11 Å². The van der Waals surface area contributed by atoms with Crippen molar-refractivity contribution in [1.29, 1.82) is 0 Å². The van der Waals surface area contributed by atoms with Crippen molar-refractivity contribution >= 4 is 8.07 Å². The zero-order chi connectivity index (χ0) is 17.7. The first-order valence-corrected chi connectivity index (χ1v) is 13.3. The van der Waals surface area contributed by atoms with E-state index in [-0.39, 0.29) is 6.67 Å². The van der Waals surface area contributed by atoms with Crippen molar-refractivity contribution in [3.63, 3.8) is 0 Å². The molecule has 0 atom stereocenters. The van der Waals surface area contributed by atoms with Crippen molar-refractivity contribution in [2.45, 2.75) is 81.5 Å². The molecule has 1 heterocycles. The highest BCUT2D eigenvalue weighted by atomic mass is 28.3. The molecule has 1 aliphatic carbocycles. The minimum Gasteiger partial charge on any atom is -0.497 e. The van der Waals surface area contributed by atoms with E-state index in [1.165, 1.54) is 56.2 Å². The molecule has 0 radical (unpaired) electrons. The Kier molecular flexibility index (Phi) is 6.59. The monoisotopic (exact) mass is 362 g/mol. The van der Waals surface area contributed by atoms with Gasteiger partial charge in [0.2, 0.25) is 0 Å². The molecule has 2 aliphatic rings. The zero-order valence-corrected chi connectivity index (χ0v) is 17.1. The summed E-state index contributed by atoms with van der Waals surface area (Å²) >= 11 is 0. The summed E-state index contributed by atoms with van der Waals surface area (Å²) in [6.45, 7) is 2.56. The summed E-state index contributed by atoms with van der Waals surface area (Å²) in [5.41, 5.74) is 2.54. The van der Waals surface area contributed by atoms with Crippen LogP contribution in [0.15, 0.2) is 24.3 Å². The van der Waals surface area contributed by atoms with Crippen LogP contribution >= 0.6 is 0 Å². The number of hydrogen-bond acceptors (Lipinski definition) is 1. The van der Waals surface area contributed by atoms with Crippen molar-refractivity contribution in [3.05, 3.63) is 29.8 Å². The van der Waals surface area contributed by atoms with Gasteiger partial charge < -0.3 is 4.74 Å². The van der Waals surface area contributed by atoms with Crippen LogP contribution in [0.3, 0.4) is 0 Å². The van der Waals surface area contributed by atoms with Gasteiger partial charge in [-0.15, -0.1) is 0 Å². The average Bonchev–Trinajstić information content (AvgIpc) is 2.67. The highest BCUT2D eigenvalue weighted by Crippen LogP contribution is 2.49. The van der Waals surface area contributed by atoms with E-state index in [0.717, 1.165) is 36.0 Å². The van der Waals surface area contributed by atoms with E-state index in [9.17, 15) is 4.39 Å². The van der Waals surface area contributed by atoms with Gasteiger partial charge in [-0.1, -0.05) is 56.5 Å². The minimum absolute atomic E-state index is 0.126. The fourth-order valence-corrected chi connectivity index (χ4v) is 10.2. The molecule has 140 valence electrons. The summed E-state index contributed by atoms with van der Waals surface area (Å²) in [5.74, 6) is 2.54. The second kappa shape index (κ2) is 8.70. The van der Waals surface area contributed by atoms with Crippen molar-refractivity contribution in [3.8, 4) is 5.75 Å². The van der Waals surface area contributed by atoms with Gasteiger partial charge in [-0.2, -0.15) is 0 Å². The largest absolute Gasteiger partial charge is 0.497 e. The summed E-state index contributed by atoms with van der Waals surface area (Å²) in [7, 11) is 0.647. The average molecular weight is 363 g/mol. The van der Waals surface area contributed by atoms with Gasteiger partial charge in [-0.25, -0.2) is 0 Å². The zero-order valence-electron chi connectivity index (χ0n) is 16.1. The van der Waals surface area contributed by atoms with Crippen molar-refractivity contribution in [2.24, 2.45) is 5.92 Å². The maximum atomic E-state index is 12.4. The van der Waals surface area contributed by atoms with Gasteiger partial charge in [-0.3, -0.25) is 4.39 Å². The third kappa shape index (κ3) is 4.67. The predicted molar refractivity (Wildman–Crippen MR) is 107 cm³/mol. The third-order valence-electron chi connectivity index (χ3n) is 7.29. The lowest BCUT2D eigenvalue weighted by molar-refractivity contribution is 0.310. The molecule has 2 fully saturated rings. The molecular formula is C22H35FOSi. The summed E-state index contributed by atoms with van der Waals surface area (Å²) in [4.78, 5) is 0. The summed E-state index contributed by atoms with van der Waals surface area (Å²) in [6.07, 6.45) is 10.3. The molecule has 25 heavy (non-hydrogen) atoms. The molecule has 1 aliphatic heterocycles. The first-order valence-electron chi connectivity index (χ1n) is 10.3. The van der Waals surface area contributed by atoms with E-state index in [1.807, 2.05) is 0 Å². The highest BCUT2D eigenvalue weighted by Gasteiger charge is 2.41. The van der Waals surface area contributed by atoms with Gasteiger partial charge in [0.1, 0.15) is 5.75 Å². The lowest BCUT2D eigenvalue weighted by atomic mass is 9.86. The van der Waals surface area contributed by atoms with Gasteiger partial charge in [0.05, 0.1) is 21.9 Å². The number of hydrogen-bond donors (Lipinski definition) is 0. The van der Waals surface area contributed by atoms with Crippen molar-refractivity contribution < 1.29 is 9.13 Å². The van der Waals surface area contributed by atoms with E-state index in [0.29, 0.717) is 0 Å². The smallest absolute Gasteiger partial charge is 0.118 e. The Balaban J connectivity index is 1.50. The SMILES string of the molecule is COc1ccc(C2CC[Si](C)(C3CCC(CCCF)CC3)CC2)cc1.